The average Bonchev–Trinajstić information content (AvgIpc) is 3.02. The molecule has 0 aromatic heterocycles. The van der Waals surface area contributed by atoms with Crippen LogP contribution in [0.5, 0.6) is 0 Å². The van der Waals surface area contributed by atoms with Crippen molar-refractivity contribution in [1.82, 2.24) is 10.2 Å². The SMILES string of the molecule is NC(=O)C1CCCN(C(=O)NC2CC2)C1. The number of hydrogen-bond acceptors (Lipinski definition) is 2. The highest BCUT2D eigenvalue weighted by Gasteiger charge is 2.30. The molecule has 0 spiro atoms. The van der Waals surface area contributed by atoms with Crippen LogP contribution in [0.25, 0.3) is 0 Å². The number of likely N-dealkylation sites (tertiary alicyclic amines) is 1. The van der Waals surface area contributed by atoms with Crippen molar-refractivity contribution < 1.29 is 9.59 Å². The zero-order chi connectivity index (χ0) is 10.8. The Balaban J connectivity index is 1.85. The maximum atomic E-state index is 11.7. The molecule has 0 bridgehead atoms. The summed E-state index contributed by atoms with van der Waals surface area (Å²) in [5.41, 5.74) is 5.25. The Kier molecular flexibility index (Phi) is 2.79. The van der Waals surface area contributed by atoms with Crippen LogP contribution in [-0.2, 0) is 4.79 Å². The molecule has 0 radical (unpaired) electrons. The molecule has 1 aliphatic carbocycles. The molecule has 2 aliphatic rings. The van der Waals surface area contributed by atoms with Crippen LogP contribution in [-0.4, -0.2) is 36.0 Å². The molecule has 1 heterocycles. The number of carbonyl (C=O) groups excluding carboxylic acids is 2. The van der Waals surface area contributed by atoms with Gasteiger partial charge in [-0.05, 0) is 25.7 Å². The van der Waals surface area contributed by atoms with E-state index >= 15 is 0 Å². The first kappa shape index (κ1) is 10.3. The lowest BCUT2D eigenvalue weighted by molar-refractivity contribution is -0.123. The zero-order valence-corrected chi connectivity index (χ0v) is 8.74. The summed E-state index contributed by atoms with van der Waals surface area (Å²) in [7, 11) is 0. The number of rotatable bonds is 2. The number of carbonyl (C=O) groups is 2. The Labute approximate surface area is 89.0 Å². The van der Waals surface area contributed by atoms with Crippen molar-refractivity contribution in [2.45, 2.75) is 31.7 Å². The molecular weight excluding hydrogens is 194 g/mol. The molecule has 1 saturated heterocycles. The molecule has 3 N–H and O–H groups in total. The van der Waals surface area contributed by atoms with Crippen molar-refractivity contribution in [2.75, 3.05) is 13.1 Å². The highest BCUT2D eigenvalue weighted by Crippen LogP contribution is 2.20. The van der Waals surface area contributed by atoms with Gasteiger partial charge in [0, 0.05) is 19.1 Å². The fourth-order valence-corrected chi connectivity index (χ4v) is 1.89. The molecule has 1 saturated carbocycles. The summed E-state index contributed by atoms with van der Waals surface area (Å²) in [6.07, 6.45) is 3.84. The minimum atomic E-state index is -0.293. The molecule has 0 aromatic rings. The first-order valence-electron chi connectivity index (χ1n) is 5.51. The molecule has 15 heavy (non-hydrogen) atoms. The van der Waals surface area contributed by atoms with Gasteiger partial charge in [0.25, 0.3) is 0 Å². The fraction of sp³-hybridized carbons (Fsp3) is 0.800. The topological polar surface area (TPSA) is 75.4 Å². The van der Waals surface area contributed by atoms with Gasteiger partial charge in [-0.2, -0.15) is 0 Å². The van der Waals surface area contributed by atoms with E-state index in [9.17, 15) is 9.59 Å². The van der Waals surface area contributed by atoms with Gasteiger partial charge in [0.05, 0.1) is 5.92 Å². The third kappa shape index (κ3) is 2.61. The normalized spacial score (nSPS) is 26.1. The highest BCUT2D eigenvalue weighted by molar-refractivity contribution is 5.79. The minimum Gasteiger partial charge on any atom is -0.369 e. The summed E-state index contributed by atoms with van der Waals surface area (Å²) < 4.78 is 0. The molecule has 0 aromatic carbocycles. The monoisotopic (exact) mass is 211 g/mol. The van der Waals surface area contributed by atoms with Gasteiger partial charge in [-0.1, -0.05) is 0 Å². The van der Waals surface area contributed by atoms with Gasteiger partial charge in [0.1, 0.15) is 0 Å². The molecule has 5 nitrogen and oxygen atoms in total. The van der Waals surface area contributed by atoms with Crippen LogP contribution in [0.4, 0.5) is 4.79 Å². The van der Waals surface area contributed by atoms with Crippen LogP contribution in [0.2, 0.25) is 0 Å². The van der Waals surface area contributed by atoms with E-state index in [1.165, 1.54) is 0 Å². The molecule has 2 rings (SSSR count). The molecular formula is C10H17N3O2. The van der Waals surface area contributed by atoms with E-state index in [4.69, 9.17) is 5.73 Å². The second kappa shape index (κ2) is 4.08. The largest absolute Gasteiger partial charge is 0.369 e. The number of nitrogens with two attached hydrogens (primary N) is 1. The van der Waals surface area contributed by atoms with E-state index in [-0.39, 0.29) is 17.9 Å². The molecule has 5 heteroatoms. The number of nitrogens with zero attached hydrogens (tertiary/aromatic N) is 1. The van der Waals surface area contributed by atoms with Gasteiger partial charge in [-0.3, -0.25) is 4.79 Å². The summed E-state index contributed by atoms with van der Waals surface area (Å²) >= 11 is 0. The van der Waals surface area contributed by atoms with Crippen LogP contribution in [0.1, 0.15) is 25.7 Å². The van der Waals surface area contributed by atoms with E-state index in [1.807, 2.05) is 0 Å². The maximum Gasteiger partial charge on any atom is 0.317 e. The van der Waals surface area contributed by atoms with Crippen molar-refractivity contribution in [3.63, 3.8) is 0 Å². The average molecular weight is 211 g/mol. The standard InChI is InChI=1S/C10H17N3O2/c11-9(14)7-2-1-5-13(6-7)10(15)12-8-3-4-8/h7-8H,1-6H2,(H2,11,14)(H,12,15). The zero-order valence-electron chi connectivity index (χ0n) is 8.74. The summed E-state index contributed by atoms with van der Waals surface area (Å²) in [5.74, 6) is -0.456. The summed E-state index contributed by atoms with van der Waals surface area (Å²) in [6.45, 7) is 1.22. The lowest BCUT2D eigenvalue weighted by Crippen LogP contribution is -2.48. The molecule has 1 unspecified atom stereocenters. The van der Waals surface area contributed by atoms with Gasteiger partial charge in [-0.25, -0.2) is 4.79 Å². The predicted molar refractivity (Wildman–Crippen MR) is 55.0 cm³/mol. The molecule has 2 fully saturated rings. The van der Waals surface area contributed by atoms with Gasteiger partial charge in [-0.15, -0.1) is 0 Å². The number of hydrogen-bond donors (Lipinski definition) is 2. The van der Waals surface area contributed by atoms with Gasteiger partial charge < -0.3 is 16.0 Å². The smallest absolute Gasteiger partial charge is 0.317 e. The van der Waals surface area contributed by atoms with Crippen molar-refractivity contribution in [2.24, 2.45) is 11.7 Å². The lowest BCUT2D eigenvalue weighted by atomic mass is 9.98. The summed E-state index contributed by atoms with van der Waals surface area (Å²) in [6, 6.07) is 0.329. The first-order valence-corrected chi connectivity index (χ1v) is 5.51. The second-order valence-corrected chi connectivity index (χ2v) is 4.41. The van der Waals surface area contributed by atoms with Gasteiger partial charge in [0.15, 0.2) is 0 Å². The van der Waals surface area contributed by atoms with Crippen LogP contribution < -0.4 is 11.1 Å². The number of piperidine rings is 1. The van der Waals surface area contributed by atoms with E-state index in [0.29, 0.717) is 12.6 Å². The second-order valence-electron chi connectivity index (χ2n) is 4.41. The Morgan fingerprint density at radius 2 is 2.00 bits per heavy atom. The maximum absolute atomic E-state index is 11.7. The van der Waals surface area contributed by atoms with E-state index in [0.717, 1.165) is 32.2 Å². The Morgan fingerprint density at radius 3 is 2.60 bits per heavy atom. The van der Waals surface area contributed by atoms with Gasteiger partial charge in [0.2, 0.25) is 5.91 Å². The predicted octanol–water partition coefficient (Wildman–Crippen LogP) is 0.0557. The van der Waals surface area contributed by atoms with E-state index in [1.54, 1.807) is 4.90 Å². The number of nitrogens with one attached hydrogen (secondary N) is 1. The quantitative estimate of drug-likeness (QED) is 0.677. The van der Waals surface area contributed by atoms with Crippen molar-refractivity contribution >= 4 is 11.9 Å². The van der Waals surface area contributed by atoms with Crippen LogP contribution in [0.15, 0.2) is 0 Å². The van der Waals surface area contributed by atoms with Crippen LogP contribution in [0, 0.1) is 5.92 Å². The summed E-state index contributed by atoms with van der Waals surface area (Å²) in [4.78, 5) is 24.4. The number of primary amides is 1. The Bertz CT molecular complexity index is 276. The molecule has 1 aliphatic heterocycles. The first-order chi connectivity index (χ1) is 7.16. The summed E-state index contributed by atoms with van der Waals surface area (Å²) in [5, 5.41) is 2.92. The third-order valence-corrected chi connectivity index (χ3v) is 3.02. The van der Waals surface area contributed by atoms with Crippen molar-refractivity contribution in [3.05, 3.63) is 0 Å². The van der Waals surface area contributed by atoms with Crippen molar-refractivity contribution in [3.8, 4) is 0 Å². The lowest BCUT2D eigenvalue weighted by Gasteiger charge is -2.31. The molecule has 3 amide bonds. The van der Waals surface area contributed by atoms with Crippen molar-refractivity contribution in [1.29, 1.82) is 0 Å². The number of urea groups is 1. The minimum absolute atomic E-state index is 0.0385. The third-order valence-electron chi connectivity index (χ3n) is 3.02. The molecule has 1 atom stereocenters. The van der Waals surface area contributed by atoms with E-state index in [2.05, 4.69) is 5.32 Å². The Morgan fingerprint density at radius 1 is 1.27 bits per heavy atom. The number of amides is 3. The molecule has 84 valence electrons. The fourth-order valence-electron chi connectivity index (χ4n) is 1.89. The van der Waals surface area contributed by atoms with E-state index < -0.39 is 0 Å². The van der Waals surface area contributed by atoms with Gasteiger partial charge >= 0.3 is 6.03 Å². The highest BCUT2D eigenvalue weighted by atomic mass is 16.2. The van der Waals surface area contributed by atoms with Crippen LogP contribution in [0.3, 0.4) is 0 Å². The Hall–Kier alpha value is -1.26. The van der Waals surface area contributed by atoms with Crippen LogP contribution >= 0.6 is 0 Å².